The summed E-state index contributed by atoms with van der Waals surface area (Å²) in [6.45, 7) is 1.65. The van der Waals surface area contributed by atoms with Crippen molar-refractivity contribution in [1.82, 2.24) is 19.9 Å². The van der Waals surface area contributed by atoms with Gasteiger partial charge in [0.15, 0.2) is 5.82 Å². The highest BCUT2D eigenvalue weighted by Crippen LogP contribution is 2.29. The number of aromatic amines is 1. The van der Waals surface area contributed by atoms with E-state index in [-0.39, 0.29) is 11.3 Å². The van der Waals surface area contributed by atoms with Crippen LogP contribution in [0, 0.1) is 11.6 Å². The van der Waals surface area contributed by atoms with E-state index in [1.54, 1.807) is 31.6 Å². The minimum atomic E-state index is -3.84. The van der Waals surface area contributed by atoms with Crippen LogP contribution in [0.25, 0.3) is 22.2 Å². The van der Waals surface area contributed by atoms with Gasteiger partial charge in [0.2, 0.25) is 15.8 Å². The van der Waals surface area contributed by atoms with Gasteiger partial charge in [0.1, 0.15) is 17.8 Å². The van der Waals surface area contributed by atoms with Gasteiger partial charge in [-0.05, 0) is 24.6 Å². The Labute approximate surface area is 181 Å². The van der Waals surface area contributed by atoms with Gasteiger partial charge in [-0.15, -0.1) is 0 Å². The number of carbonyl (C=O) groups excluding carboxylic acids is 1. The number of carbonyl (C=O) groups is 1. The molecule has 3 aromatic heterocycles. The molecule has 0 saturated heterocycles. The van der Waals surface area contributed by atoms with E-state index in [4.69, 9.17) is 0 Å². The number of benzene rings is 1. The van der Waals surface area contributed by atoms with Crippen molar-refractivity contribution in [2.45, 2.75) is 13.3 Å². The molecule has 0 radical (unpaired) electrons. The van der Waals surface area contributed by atoms with E-state index in [2.05, 4.69) is 24.7 Å². The fourth-order valence-corrected chi connectivity index (χ4v) is 4.39. The van der Waals surface area contributed by atoms with Crippen molar-refractivity contribution in [3.8, 4) is 11.1 Å². The molecule has 0 aliphatic rings. The second kappa shape index (κ2) is 8.42. The molecule has 0 unspecified atom stereocenters. The smallest absolute Gasteiger partial charge is 0.232 e. The first kappa shape index (κ1) is 21.5. The Hall–Kier alpha value is -3.73. The number of rotatable bonds is 7. The van der Waals surface area contributed by atoms with Crippen molar-refractivity contribution in [3.63, 3.8) is 0 Å². The largest absolute Gasteiger partial charge is 0.345 e. The quantitative estimate of drug-likeness (QED) is 0.409. The number of anilines is 1. The predicted octanol–water partition coefficient (Wildman–Crippen LogP) is 3.68. The highest BCUT2D eigenvalue weighted by atomic mass is 32.2. The molecular weight excluding hydrogens is 440 g/mol. The van der Waals surface area contributed by atoms with E-state index in [0.717, 1.165) is 12.1 Å². The third kappa shape index (κ3) is 4.06. The highest BCUT2D eigenvalue weighted by Gasteiger charge is 2.26. The van der Waals surface area contributed by atoms with Gasteiger partial charge in [-0.25, -0.2) is 32.2 Å². The normalized spacial score (nSPS) is 11.6. The fourth-order valence-electron chi connectivity index (χ4n) is 3.26. The van der Waals surface area contributed by atoms with E-state index in [0.29, 0.717) is 28.6 Å². The van der Waals surface area contributed by atoms with Crippen LogP contribution in [-0.4, -0.2) is 39.9 Å². The summed E-state index contributed by atoms with van der Waals surface area (Å²) in [6.07, 6.45) is 7.66. The van der Waals surface area contributed by atoms with Crippen LogP contribution in [-0.2, 0) is 10.0 Å². The van der Waals surface area contributed by atoms with Gasteiger partial charge >= 0.3 is 0 Å². The van der Waals surface area contributed by atoms with Crippen molar-refractivity contribution in [1.29, 1.82) is 0 Å². The van der Waals surface area contributed by atoms with Crippen LogP contribution >= 0.6 is 0 Å². The number of H-pyrrole nitrogens is 1. The van der Waals surface area contributed by atoms with Gasteiger partial charge in [0, 0.05) is 46.9 Å². The Bertz CT molecular complexity index is 1420. The predicted molar refractivity (Wildman–Crippen MR) is 115 cm³/mol. The van der Waals surface area contributed by atoms with Gasteiger partial charge in [0.25, 0.3) is 0 Å². The van der Waals surface area contributed by atoms with Crippen molar-refractivity contribution in [2.75, 3.05) is 10.5 Å². The van der Waals surface area contributed by atoms with Crippen LogP contribution in [0.15, 0.2) is 49.3 Å². The number of fused-ring (bicyclic) bond motifs is 1. The van der Waals surface area contributed by atoms with E-state index in [1.165, 1.54) is 12.5 Å². The molecule has 0 amide bonds. The molecule has 1 aromatic carbocycles. The molecule has 3 heterocycles. The fraction of sp³-hybridized carbons (Fsp3) is 0.143. The Morgan fingerprint density at radius 3 is 2.59 bits per heavy atom. The van der Waals surface area contributed by atoms with Crippen molar-refractivity contribution >= 4 is 32.5 Å². The zero-order valence-electron chi connectivity index (χ0n) is 16.8. The maximum Gasteiger partial charge on any atom is 0.232 e. The zero-order chi connectivity index (χ0) is 22.9. The van der Waals surface area contributed by atoms with Gasteiger partial charge in [-0.1, -0.05) is 6.92 Å². The van der Waals surface area contributed by atoms with E-state index < -0.39 is 38.7 Å². The maximum atomic E-state index is 15.1. The molecule has 0 aliphatic heterocycles. The number of nitrogens with one attached hydrogen (secondary N) is 2. The summed E-state index contributed by atoms with van der Waals surface area (Å²) in [4.78, 5) is 28.1. The van der Waals surface area contributed by atoms with Crippen LogP contribution in [0.5, 0.6) is 0 Å². The Morgan fingerprint density at radius 2 is 1.88 bits per heavy atom. The summed E-state index contributed by atoms with van der Waals surface area (Å²) in [7, 11) is -3.84. The molecule has 0 fully saturated rings. The van der Waals surface area contributed by atoms with Gasteiger partial charge in [0.05, 0.1) is 17.0 Å². The Kier molecular flexibility index (Phi) is 5.66. The molecule has 164 valence electrons. The number of sulfonamides is 1. The molecule has 0 bridgehead atoms. The van der Waals surface area contributed by atoms with E-state index >= 15 is 4.39 Å². The molecule has 2 N–H and O–H groups in total. The van der Waals surface area contributed by atoms with Gasteiger partial charge < -0.3 is 4.98 Å². The lowest BCUT2D eigenvalue weighted by molar-refractivity contribution is 0.103. The number of aromatic nitrogens is 4. The van der Waals surface area contributed by atoms with Crippen LogP contribution in [0.2, 0.25) is 0 Å². The number of pyridine rings is 1. The molecular formula is C21H17F2N5O3S. The molecule has 32 heavy (non-hydrogen) atoms. The zero-order valence-corrected chi connectivity index (χ0v) is 17.6. The highest BCUT2D eigenvalue weighted by molar-refractivity contribution is 7.92. The number of hydrogen-bond donors (Lipinski definition) is 2. The first-order valence-electron chi connectivity index (χ1n) is 9.56. The monoisotopic (exact) mass is 457 g/mol. The Morgan fingerprint density at radius 1 is 1.12 bits per heavy atom. The van der Waals surface area contributed by atoms with Crippen LogP contribution in [0.4, 0.5) is 14.5 Å². The van der Waals surface area contributed by atoms with Crippen molar-refractivity contribution in [2.24, 2.45) is 0 Å². The molecule has 11 heteroatoms. The van der Waals surface area contributed by atoms with Gasteiger partial charge in [-0.2, -0.15) is 0 Å². The second-order valence-electron chi connectivity index (χ2n) is 6.98. The molecule has 8 nitrogen and oxygen atoms in total. The summed E-state index contributed by atoms with van der Waals surface area (Å²) >= 11 is 0. The molecule has 0 spiro atoms. The first-order chi connectivity index (χ1) is 15.3. The number of ketones is 1. The summed E-state index contributed by atoms with van der Waals surface area (Å²) in [5.41, 5.74) is 0.214. The Balaban J connectivity index is 1.79. The molecule has 0 saturated carbocycles. The lowest BCUT2D eigenvalue weighted by Crippen LogP contribution is -2.18. The summed E-state index contributed by atoms with van der Waals surface area (Å²) < 4.78 is 55.7. The minimum Gasteiger partial charge on any atom is -0.345 e. The molecule has 0 aliphatic carbocycles. The van der Waals surface area contributed by atoms with Crippen molar-refractivity contribution in [3.05, 3.63) is 72.1 Å². The average Bonchev–Trinajstić information content (AvgIpc) is 3.19. The van der Waals surface area contributed by atoms with Crippen LogP contribution in [0.3, 0.4) is 0 Å². The lowest BCUT2D eigenvalue weighted by Gasteiger charge is -2.11. The number of halogens is 2. The second-order valence-corrected chi connectivity index (χ2v) is 8.83. The van der Waals surface area contributed by atoms with Gasteiger partial charge in [-0.3, -0.25) is 9.52 Å². The van der Waals surface area contributed by atoms with E-state index in [1.807, 2.05) is 0 Å². The molecule has 4 rings (SSSR count). The lowest BCUT2D eigenvalue weighted by atomic mass is 10.0. The summed E-state index contributed by atoms with van der Waals surface area (Å²) in [5.74, 6) is -3.59. The number of nitrogens with zero attached hydrogens (tertiary/aromatic N) is 3. The summed E-state index contributed by atoms with van der Waals surface area (Å²) in [6, 6.07) is 3.42. The van der Waals surface area contributed by atoms with Crippen LogP contribution < -0.4 is 4.72 Å². The number of hydrogen-bond acceptors (Lipinski definition) is 6. The third-order valence-electron chi connectivity index (χ3n) is 4.73. The van der Waals surface area contributed by atoms with Crippen molar-refractivity contribution < 1.29 is 22.0 Å². The minimum absolute atomic E-state index is 0.0161. The SMILES string of the molecule is CCCS(=O)(=O)Nc1ccc(F)c(C(=O)c2c[nH]c3ncc(-c4cncnc4)cc23)c1F. The average molecular weight is 457 g/mol. The topological polar surface area (TPSA) is 118 Å². The van der Waals surface area contributed by atoms with Crippen LogP contribution in [0.1, 0.15) is 29.3 Å². The van der Waals surface area contributed by atoms with E-state index in [9.17, 15) is 17.6 Å². The third-order valence-corrected chi connectivity index (χ3v) is 6.20. The molecule has 4 aromatic rings. The standard InChI is InChI=1S/C21H17F2N5O3S/c1-2-5-32(30,31)28-17-4-3-16(22)18(19(17)23)20(29)15-10-27-21-14(15)6-12(9-26-21)13-7-24-11-25-8-13/h3-4,6-11,28H,2,5H2,1H3,(H,26,27). The molecule has 0 atom stereocenters. The maximum absolute atomic E-state index is 15.1. The first-order valence-corrected chi connectivity index (χ1v) is 11.2. The summed E-state index contributed by atoms with van der Waals surface area (Å²) in [5, 5.41) is 0.340.